The van der Waals surface area contributed by atoms with Gasteiger partial charge < -0.3 is 15.3 Å². The molecule has 2 amide bonds. The van der Waals surface area contributed by atoms with Crippen LogP contribution in [0.5, 0.6) is 0 Å². The van der Waals surface area contributed by atoms with Gasteiger partial charge in [0, 0.05) is 38.8 Å². The Balaban J connectivity index is 1.39. The van der Waals surface area contributed by atoms with E-state index in [2.05, 4.69) is 10.2 Å². The molecule has 0 unspecified atom stereocenters. The summed E-state index contributed by atoms with van der Waals surface area (Å²) in [6.45, 7) is 4.69. The van der Waals surface area contributed by atoms with Crippen LogP contribution in [0.3, 0.4) is 0 Å². The molecule has 2 atom stereocenters. The van der Waals surface area contributed by atoms with Gasteiger partial charge in [-0.15, -0.1) is 0 Å². The molecule has 0 radical (unpaired) electrons. The molecular formula is C15H25N3O3. The Kier molecular flexibility index (Phi) is 4.33. The van der Waals surface area contributed by atoms with E-state index in [1.807, 2.05) is 4.90 Å². The number of urea groups is 1. The molecule has 6 heteroatoms. The normalized spacial score (nSPS) is 30.4. The lowest BCUT2D eigenvalue weighted by molar-refractivity contribution is -0.141. The summed E-state index contributed by atoms with van der Waals surface area (Å²) in [4.78, 5) is 27.5. The number of rotatable bonds is 4. The molecule has 0 bridgehead atoms. The molecular weight excluding hydrogens is 270 g/mol. The van der Waals surface area contributed by atoms with E-state index < -0.39 is 5.97 Å². The van der Waals surface area contributed by atoms with E-state index in [4.69, 9.17) is 5.11 Å². The van der Waals surface area contributed by atoms with Gasteiger partial charge in [-0.1, -0.05) is 0 Å². The zero-order chi connectivity index (χ0) is 14.8. The van der Waals surface area contributed by atoms with Crippen molar-refractivity contribution in [1.82, 2.24) is 15.1 Å². The lowest BCUT2D eigenvalue weighted by atomic mass is 10.1. The van der Waals surface area contributed by atoms with E-state index in [1.165, 1.54) is 19.4 Å². The number of carbonyl (C=O) groups excluding carboxylic acids is 1. The highest BCUT2D eigenvalue weighted by molar-refractivity contribution is 5.75. The quantitative estimate of drug-likeness (QED) is 0.811. The first-order valence-electron chi connectivity index (χ1n) is 8.12. The monoisotopic (exact) mass is 295 g/mol. The molecule has 6 nitrogen and oxygen atoms in total. The number of carboxylic acids is 1. The van der Waals surface area contributed by atoms with E-state index in [-0.39, 0.29) is 18.0 Å². The highest BCUT2D eigenvalue weighted by Gasteiger charge is 2.32. The van der Waals surface area contributed by atoms with Gasteiger partial charge >= 0.3 is 12.0 Å². The molecule has 1 heterocycles. The fraction of sp³-hybridized carbons (Fsp3) is 0.867. The molecule has 0 spiro atoms. The van der Waals surface area contributed by atoms with E-state index in [1.54, 1.807) is 0 Å². The summed E-state index contributed by atoms with van der Waals surface area (Å²) in [5, 5.41) is 12.0. The zero-order valence-electron chi connectivity index (χ0n) is 12.5. The van der Waals surface area contributed by atoms with E-state index in [0.717, 1.165) is 38.5 Å². The van der Waals surface area contributed by atoms with Crippen molar-refractivity contribution in [1.29, 1.82) is 0 Å². The fourth-order valence-electron chi connectivity index (χ4n) is 3.40. The summed E-state index contributed by atoms with van der Waals surface area (Å²) >= 11 is 0. The smallest absolute Gasteiger partial charge is 0.317 e. The Labute approximate surface area is 125 Å². The average molecular weight is 295 g/mol. The number of carboxylic acid groups (broad SMARTS) is 1. The third kappa shape index (κ3) is 3.87. The van der Waals surface area contributed by atoms with Crippen molar-refractivity contribution in [2.75, 3.05) is 32.7 Å². The Morgan fingerprint density at radius 2 is 1.76 bits per heavy atom. The molecule has 0 aromatic carbocycles. The second-order valence-electron chi connectivity index (χ2n) is 6.73. The molecule has 0 aromatic rings. The van der Waals surface area contributed by atoms with Crippen LogP contribution in [0.2, 0.25) is 0 Å². The van der Waals surface area contributed by atoms with Crippen LogP contribution in [0, 0.1) is 11.8 Å². The third-order valence-electron chi connectivity index (χ3n) is 4.98. The molecule has 3 fully saturated rings. The Bertz CT molecular complexity index is 403. The van der Waals surface area contributed by atoms with Crippen molar-refractivity contribution < 1.29 is 14.7 Å². The van der Waals surface area contributed by atoms with Crippen LogP contribution in [-0.2, 0) is 4.79 Å². The fourth-order valence-corrected chi connectivity index (χ4v) is 3.40. The maximum absolute atomic E-state index is 12.2. The minimum atomic E-state index is -0.736. The summed E-state index contributed by atoms with van der Waals surface area (Å²) in [7, 11) is 0. The average Bonchev–Trinajstić information content (AvgIpc) is 3.15. The van der Waals surface area contributed by atoms with E-state index >= 15 is 0 Å². The largest absolute Gasteiger partial charge is 0.481 e. The summed E-state index contributed by atoms with van der Waals surface area (Å²) in [5.41, 5.74) is 0. The van der Waals surface area contributed by atoms with Crippen LogP contribution in [0.4, 0.5) is 4.79 Å². The molecule has 3 rings (SSSR count). The molecule has 2 N–H and O–H groups in total. The van der Waals surface area contributed by atoms with Crippen LogP contribution in [0.15, 0.2) is 0 Å². The number of piperazine rings is 1. The van der Waals surface area contributed by atoms with Crippen LogP contribution >= 0.6 is 0 Å². The third-order valence-corrected chi connectivity index (χ3v) is 4.98. The van der Waals surface area contributed by atoms with Crippen molar-refractivity contribution in [3.05, 3.63) is 0 Å². The number of nitrogens with one attached hydrogen (secondary N) is 1. The van der Waals surface area contributed by atoms with Gasteiger partial charge in [-0.25, -0.2) is 4.79 Å². The molecule has 3 aliphatic rings. The number of hydrogen-bond donors (Lipinski definition) is 2. The molecule has 2 saturated carbocycles. The first-order valence-corrected chi connectivity index (χ1v) is 8.12. The predicted molar refractivity (Wildman–Crippen MR) is 78.0 cm³/mol. The predicted octanol–water partition coefficient (Wildman–Crippen LogP) is 0.977. The molecule has 2 aliphatic carbocycles. The topological polar surface area (TPSA) is 72.9 Å². The van der Waals surface area contributed by atoms with E-state index in [9.17, 15) is 9.59 Å². The van der Waals surface area contributed by atoms with Gasteiger partial charge in [0.05, 0.1) is 5.92 Å². The Morgan fingerprint density at radius 3 is 2.33 bits per heavy atom. The number of hydrogen-bond acceptors (Lipinski definition) is 3. The molecule has 1 aliphatic heterocycles. The number of amides is 2. The molecule has 21 heavy (non-hydrogen) atoms. The van der Waals surface area contributed by atoms with Crippen LogP contribution in [0.25, 0.3) is 0 Å². The van der Waals surface area contributed by atoms with Gasteiger partial charge in [0.25, 0.3) is 0 Å². The standard InChI is InChI=1S/C15H25N3O3/c19-14(20)12-3-4-13(9-12)16-15(21)18-7-5-17(6-8-18)10-11-1-2-11/h11-13H,1-10H2,(H,16,21)(H,19,20)/t12-,13+/m1/s1. The minimum Gasteiger partial charge on any atom is -0.481 e. The van der Waals surface area contributed by atoms with Gasteiger partial charge in [-0.05, 0) is 38.0 Å². The Hall–Kier alpha value is -1.30. The summed E-state index contributed by atoms with van der Waals surface area (Å²) < 4.78 is 0. The van der Waals surface area contributed by atoms with Gasteiger partial charge in [-0.3, -0.25) is 9.69 Å². The summed E-state index contributed by atoms with van der Waals surface area (Å²) in [6.07, 6.45) is 4.77. The molecule has 118 valence electrons. The van der Waals surface area contributed by atoms with Gasteiger partial charge in [0.2, 0.25) is 0 Å². The first-order chi connectivity index (χ1) is 10.1. The minimum absolute atomic E-state index is 0.0166. The lowest BCUT2D eigenvalue weighted by Crippen LogP contribution is -2.53. The highest BCUT2D eigenvalue weighted by atomic mass is 16.4. The van der Waals surface area contributed by atoms with Gasteiger partial charge in [0.1, 0.15) is 0 Å². The van der Waals surface area contributed by atoms with Gasteiger partial charge in [0.15, 0.2) is 0 Å². The van der Waals surface area contributed by atoms with Crippen molar-refractivity contribution >= 4 is 12.0 Å². The second kappa shape index (κ2) is 6.22. The highest BCUT2D eigenvalue weighted by Crippen LogP contribution is 2.30. The maximum atomic E-state index is 12.2. The number of carbonyl (C=O) groups is 2. The maximum Gasteiger partial charge on any atom is 0.317 e. The lowest BCUT2D eigenvalue weighted by Gasteiger charge is -2.35. The van der Waals surface area contributed by atoms with Crippen molar-refractivity contribution in [3.8, 4) is 0 Å². The SMILES string of the molecule is O=C(O)[C@@H]1CC[C@H](NC(=O)N2CCN(CC3CC3)CC2)C1. The van der Waals surface area contributed by atoms with Crippen LogP contribution in [-0.4, -0.2) is 65.7 Å². The Morgan fingerprint density at radius 1 is 1.05 bits per heavy atom. The van der Waals surface area contributed by atoms with Crippen LogP contribution in [0.1, 0.15) is 32.1 Å². The van der Waals surface area contributed by atoms with Crippen LogP contribution < -0.4 is 5.32 Å². The number of aliphatic carboxylic acids is 1. The van der Waals surface area contributed by atoms with Crippen molar-refractivity contribution in [2.45, 2.75) is 38.1 Å². The molecule has 0 aromatic heterocycles. The van der Waals surface area contributed by atoms with Gasteiger partial charge in [-0.2, -0.15) is 0 Å². The zero-order valence-corrected chi connectivity index (χ0v) is 12.5. The summed E-state index contributed by atoms with van der Waals surface area (Å²) in [5.74, 6) is -0.122. The van der Waals surface area contributed by atoms with Crippen molar-refractivity contribution in [3.63, 3.8) is 0 Å². The summed E-state index contributed by atoms with van der Waals surface area (Å²) in [6, 6.07) is 0.0141. The first kappa shape index (κ1) is 14.6. The second-order valence-corrected chi connectivity index (χ2v) is 6.73. The number of nitrogens with zero attached hydrogens (tertiary/aromatic N) is 2. The van der Waals surface area contributed by atoms with Crippen molar-refractivity contribution in [2.24, 2.45) is 11.8 Å². The van der Waals surface area contributed by atoms with E-state index in [0.29, 0.717) is 12.8 Å². The molecule has 1 saturated heterocycles.